The smallest absolute Gasteiger partial charge is 0.417 e. The molecule has 4 rings (SSSR count). The molecule has 2 heterocycles. The van der Waals surface area contributed by atoms with Crippen molar-refractivity contribution in [3.63, 3.8) is 0 Å². The van der Waals surface area contributed by atoms with Crippen molar-refractivity contribution >= 4 is 45.7 Å². The quantitative estimate of drug-likeness (QED) is 0.387. The summed E-state index contributed by atoms with van der Waals surface area (Å²) >= 11 is 2.02. The van der Waals surface area contributed by atoms with Crippen LogP contribution in [0.4, 0.5) is 24.0 Å². The highest BCUT2D eigenvalue weighted by molar-refractivity contribution is 8.01. The summed E-state index contributed by atoms with van der Waals surface area (Å²) in [5.41, 5.74) is -1.02. The van der Waals surface area contributed by atoms with E-state index in [-0.39, 0.29) is 16.8 Å². The van der Waals surface area contributed by atoms with Crippen molar-refractivity contribution < 1.29 is 32.2 Å². The summed E-state index contributed by atoms with van der Waals surface area (Å²) in [6, 6.07) is 9.50. The molecule has 3 aromatic rings. The molecule has 0 atom stereocenters. The van der Waals surface area contributed by atoms with Gasteiger partial charge in [-0.15, -0.1) is 10.2 Å². The number of carbonyl (C=O) groups is 2. The fourth-order valence-electron chi connectivity index (χ4n) is 2.86. The van der Waals surface area contributed by atoms with Gasteiger partial charge in [-0.3, -0.25) is 14.9 Å². The van der Waals surface area contributed by atoms with Crippen molar-refractivity contribution in [2.24, 2.45) is 0 Å². The molecular formula is C20H15F3N4O4S2. The Kier molecular flexibility index (Phi) is 6.70. The van der Waals surface area contributed by atoms with Crippen LogP contribution in [-0.4, -0.2) is 41.0 Å². The number of amides is 2. The van der Waals surface area contributed by atoms with Gasteiger partial charge in [0.2, 0.25) is 11.0 Å². The molecule has 0 bridgehead atoms. The standard InChI is InChI=1S/C20H15F3N4O4S2/c21-20(22,23)13-4-2-1-3-12(13)17(29)25-18-26-27-19(33-18)32-10-16(28)24-11-5-6-14-15(9-11)31-8-7-30-14/h1-6,9H,7-8,10H2,(H,24,28)(H,25,26,29). The van der Waals surface area contributed by atoms with Gasteiger partial charge in [0.25, 0.3) is 5.91 Å². The van der Waals surface area contributed by atoms with Crippen molar-refractivity contribution in [2.75, 3.05) is 29.6 Å². The maximum Gasteiger partial charge on any atom is 0.417 e. The summed E-state index contributed by atoms with van der Waals surface area (Å²) in [5.74, 6) is -0.102. The highest BCUT2D eigenvalue weighted by Crippen LogP contribution is 2.34. The number of fused-ring (bicyclic) bond motifs is 1. The number of anilines is 2. The molecule has 0 saturated heterocycles. The largest absolute Gasteiger partial charge is 0.486 e. The monoisotopic (exact) mass is 496 g/mol. The Morgan fingerprint density at radius 1 is 1.03 bits per heavy atom. The third-order valence-electron chi connectivity index (χ3n) is 4.26. The van der Waals surface area contributed by atoms with Gasteiger partial charge >= 0.3 is 6.18 Å². The van der Waals surface area contributed by atoms with E-state index >= 15 is 0 Å². The van der Waals surface area contributed by atoms with Gasteiger partial charge in [-0.05, 0) is 24.3 Å². The van der Waals surface area contributed by atoms with Crippen LogP contribution in [0.2, 0.25) is 0 Å². The van der Waals surface area contributed by atoms with Gasteiger partial charge in [-0.2, -0.15) is 13.2 Å². The second kappa shape index (κ2) is 9.67. The Bertz CT molecular complexity index is 1190. The average molecular weight is 496 g/mol. The number of rotatable bonds is 6. The number of nitrogens with one attached hydrogen (secondary N) is 2. The zero-order valence-electron chi connectivity index (χ0n) is 16.6. The molecule has 8 nitrogen and oxygen atoms in total. The van der Waals surface area contributed by atoms with E-state index in [1.165, 1.54) is 12.1 Å². The number of carbonyl (C=O) groups excluding carboxylic acids is 2. The number of hydrogen-bond donors (Lipinski definition) is 2. The minimum Gasteiger partial charge on any atom is -0.486 e. The van der Waals surface area contributed by atoms with Crippen molar-refractivity contribution in [3.8, 4) is 11.5 Å². The van der Waals surface area contributed by atoms with E-state index in [0.29, 0.717) is 34.7 Å². The van der Waals surface area contributed by atoms with Crippen molar-refractivity contribution in [3.05, 3.63) is 53.6 Å². The second-order valence-corrected chi connectivity index (χ2v) is 8.77. The number of benzene rings is 2. The van der Waals surface area contributed by atoms with Crippen LogP contribution in [0.5, 0.6) is 11.5 Å². The number of alkyl halides is 3. The normalized spacial score (nSPS) is 12.8. The summed E-state index contributed by atoms with van der Waals surface area (Å²) in [6.07, 6.45) is -4.67. The van der Waals surface area contributed by atoms with Crippen LogP contribution in [0.1, 0.15) is 15.9 Å². The molecule has 0 fully saturated rings. The lowest BCUT2D eigenvalue weighted by Crippen LogP contribution is -2.18. The van der Waals surface area contributed by atoms with E-state index in [9.17, 15) is 22.8 Å². The fraction of sp³-hybridized carbons (Fsp3) is 0.200. The maximum absolute atomic E-state index is 13.1. The Labute approximate surface area is 193 Å². The molecule has 172 valence electrons. The lowest BCUT2D eigenvalue weighted by atomic mass is 10.1. The number of ether oxygens (including phenoxy) is 2. The van der Waals surface area contributed by atoms with Crippen LogP contribution in [0.25, 0.3) is 0 Å². The van der Waals surface area contributed by atoms with Crippen LogP contribution < -0.4 is 20.1 Å². The molecule has 0 spiro atoms. The third-order valence-corrected chi connectivity index (χ3v) is 6.23. The first-order valence-electron chi connectivity index (χ1n) is 9.43. The van der Waals surface area contributed by atoms with E-state index < -0.39 is 23.2 Å². The Hall–Kier alpha value is -3.32. The molecule has 0 unspecified atom stereocenters. The lowest BCUT2D eigenvalue weighted by Gasteiger charge is -2.18. The molecule has 2 aromatic carbocycles. The molecule has 0 radical (unpaired) electrons. The number of nitrogens with zero attached hydrogens (tertiary/aromatic N) is 2. The van der Waals surface area contributed by atoms with E-state index in [2.05, 4.69) is 20.8 Å². The highest BCUT2D eigenvalue weighted by atomic mass is 32.2. The molecule has 1 aliphatic heterocycles. The van der Waals surface area contributed by atoms with Gasteiger partial charge in [-0.25, -0.2) is 0 Å². The minimum atomic E-state index is -4.67. The molecule has 13 heteroatoms. The number of aromatic nitrogens is 2. The highest BCUT2D eigenvalue weighted by Gasteiger charge is 2.35. The van der Waals surface area contributed by atoms with Gasteiger partial charge in [-0.1, -0.05) is 35.2 Å². The Morgan fingerprint density at radius 2 is 1.79 bits per heavy atom. The zero-order valence-corrected chi connectivity index (χ0v) is 18.3. The topological polar surface area (TPSA) is 102 Å². The molecule has 33 heavy (non-hydrogen) atoms. The SMILES string of the molecule is O=C(CSc1nnc(NC(=O)c2ccccc2C(F)(F)F)s1)Nc1ccc2c(c1)OCCO2. The first-order chi connectivity index (χ1) is 15.8. The Balaban J connectivity index is 1.32. The van der Waals surface area contributed by atoms with Crippen molar-refractivity contribution in [2.45, 2.75) is 10.5 Å². The van der Waals surface area contributed by atoms with Crippen LogP contribution in [0, 0.1) is 0 Å². The maximum atomic E-state index is 13.1. The van der Waals surface area contributed by atoms with Crippen LogP contribution >= 0.6 is 23.1 Å². The molecule has 0 saturated carbocycles. The zero-order chi connectivity index (χ0) is 23.4. The van der Waals surface area contributed by atoms with Crippen LogP contribution in [0.15, 0.2) is 46.8 Å². The Morgan fingerprint density at radius 3 is 2.58 bits per heavy atom. The van der Waals surface area contributed by atoms with E-state index in [0.717, 1.165) is 35.2 Å². The summed E-state index contributed by atoms with van der Waals surface area (Å²) in [4.78, 5) is 24.5. The predicted molar refractivity (Wildman–Crippen MR) is 116 cm³/mol. The molecule has 2 amide bonds. The summed E-state index contributed by atoms with van der Waals surface area (Å²) in [7, 11) is 0. The summed E-state index contributed by atoms with van der Waals surface area (Å²) < 4.78 is 50.6. The molecule has 1 aromatic heterocycles. The number of thioether (sulfide) groups is 1. The second-order valence-electron chi connectivity index (χ2n) is 6.57. The average Bonchev–Trinajstić information content (AvgIpc) is 3.24. The van der Waals surface area contributed by atoms with Crippen LogP contribution in [0.3, 0.4) is 0 Å². The summed E-state index contributed by atoms with van der Waals surface area (Å²) in [5, 5.41) is 12.7. The van der Waals surface area contributed by atoms with E-state index in [4.69, 9.17) is 9.47 Å². The lowest BCUT2D eigenvalue weighted by molar-refractivity contribution is -0.137. The first kappa shape index (κ1) is 22.9. The molecular weight excluding hydrogens is 481 g/mol. The number of hydrogen-bond acceptors (Lipinski definition) is 8. The van der Waals surface area contributed by atoms with Gasteiger partial charge in [0, 0.05) is 11.8 Å². The molecule has 1 aliphatic rings. The molecule has 2 N–H and O–H groups in total. The van der Waals surface area contributed by atoms with Gasteiger partial charge in [0.05, 0.1) is 16.9 Å². The molecule has 0 aliphatic carbocycles. The van der Waals surface area contributed by atoms with Crippen molar-refractivity contribution in [1.29, 1.82) is 0 Å². The fourth-order valence-corrected chi connectivity index (χ4v) is 4.40. The van der Waals surface area contributed by atoms with Gasteiger partial charge in [0.1, 0.15) is 13.2 Å². The van der Waals surface area contributed by atoms with Crippen molar-refractivity contribution in [1.82, 2.24) is 10.2 Å². The summed E-state index contributed by atoms with van der Waals surface area (Å²) in [6.45, 7) is 0.895. The van der Waals surface area contributed by atoms with Crippen LogP contribution in [-0.2, 0) is 11.0 Å². The van der Waals surface area contributed by atoms with Gasteiger partial charge in [0.15, 0.2) is 15.8 Å². The minimum absolute atomic E-state index is 0.00787. The third kappa shape index (κ3) is 5.73. The first-order valence-corrected chi connectivity index (χ1v) is 11.2. The predicted octanol–water partition coefficient (Wildman–Crippen LogP) is 4.31. The van der Waals surface area contributed by atoms with E-state index in [1.807, 2.05) is 0 Å². The van der Waals surface area contributed by atoms with Gasteiger partial charge < -0.3 is 14.8 Å². The van der Waals surface area contributed by atoms with E-state index in [1.54, 1.807) is 18.2 Å². The number of halogens is 3.